The van der Waals surface area contributed by atoms with Crippen molar-refractivity contribution in [2.24, 2.45) is 57.2 Å². The Bertz CT molecular complexity index is 581. The van der Waals surface area contributed by atoms with E-state index >= 15 is 0 Å². The Kier molecular flexibility index (Phi) is 6.91. The molecule has 0 aliphatic heterocycles. The van der Waals surface area contributed by atoms with Gasteiger partial charge >= 0.3 is 0 Å². The van der Waals surface area contributed by atoms with Crippen LogP contribution in [0.4, 0.5) is 0 Å². The minimum Gasteiger partial charge on any atom is -0.0648 e. The van der Waals surface area contributed by atoms with Crippen LogP contribution in [0.1, 0.15) is 133 Å². The van der Waals surface area contributed by atoms with E-state index in [1.807, 2.05) is 0 Å². The molecule has 3 saturated carbocycles. The van der Waals surface area contributed by atoms with Gasteiger partial charge in [0.1, 0.15) is 0 Å². The maximum absolute atomic E-state index is 2.77. The molecule has 0 radical (unpaired) electrons. The lowest BCUT2D eigenvalue weighted by atomic mass is 9.37. The first-order valence-corrected chi connectivity index (χ1v) is 13.8. The Morgan fingerprint density at radius 3 is 2.03 bits per heavy atom. The predicted octanol–water partition coefficient (Wildman–Crippen LogP) is 9.77. The molecule has 30 heavy (non-hydrogen) atoms. The molecule has 0 aromatic heterocycles. The average Bonchev–Trinajstić information content (AvgIpc) is 2.99. The third-order valence-electron chi connectivity index (χ3n) is 11.7. The second-order valence-corrected chi connectivity index (χ2v) is 14.4. The monoisotopic (exact) mass is 416 g/mol. The van der Waals surface area contributed by atoms with Crippen molar-refractivity contribution >= 4 is 0 Å². The molecule has 3 fully saturated rings. The lowest BCUT2D eigenvalue weighted by Gasteiger charge is -2.68. The fraction of sp³-hybridized carbons (Fsp3) is 1.00. The number of hydrogen-bond donors (Lipinski definition) is 0. The topological polar surface area (TPSA) is 0 Å². The Morgan fingerprint density at radius 1 is 0.833 bits per heavy atom. The molecule has 0 spiro atoms. The molecule has 8 atom stereocenters. The van der Waals surface area contributed by atoms with Gasteiger partial charge in [-0.05, 0) is 95.7 Å². The first kappa shape index (κ1) is 24.6. The Balaban J connectivity index is 1.83. The summed E-state index contributed by atoms with van der Waals surface area (Å²) in [5.74, 6) is 5.57. The normalized spacial score (nSPS) is 45.3. The summed E-state index contributed by atoms with van der Waals surface area (Å²) in [4.78, 5) is 0. The maximum atomic E-state index is 2.77. The van der Waals surface area contributed by atoms with Gasteiger partial charge in [-0.15, -0.1) is 0 Å². The highest BCUT2D eigenvalue weighted by atomic mass is 14.7. The van der Waals surface area contributed by atoms with Crippen molar-refractivity contribution in [2.75, 3.05) is 0 Å². The van der Waals surface area contributed by atoms with Crippen molar-refractivity contribution in [1.29, 1.82) is 0 Å². The molecule has 0 N–H and O–H groups in total. The quantitative estimate of drug-likeness (QED) is 0.404. The van der Waals surface area contributed by atoms with Crippen LogP contribution in [0, 0.1) is 57.2 Å². The Hall–Kier alpha value is 0. The number of hydrogen-bond acceptors (Lipinski definition) is 0. The van der Waals surface area contributed by atoms with Gasteiger partial charge in [0.05, 0.1) is 0 Å². The third-order valence-corrected chi connectivity index (χ3v) is 11.7. The van der Waals surface area contributed by atoms with E-state index in [-0.39, 0.29) is 0 Å². The summed E-state index contributed by atoms with van der Waals surface area (Å²) in [6.07, 6.45) is 14.7. The molecule has 0 nitrogen and oxygen atoms in total. The van der Waals surface area contributed by atoms with Crippen molar-refractivity contribution in [3.05, 3.63) is 0 Å². The second kappa shape index (κ2) is 8.41. The first-order chi connectivity index (χ1) is 13.8. The third kappa shape index (κ3) is 3.83. The van der Waals surface area contributed by atoms with Crippen molar-refractivity contribution in [1.82, 2.24) is 0 Å². The SMILES string of the molecule is CC[C@@]1(C)C(C(C)(C)C)CC[C@]2(C)[C@@H]1CC[C@H]1[C@@H]([C@H](C)CCCC(C)C)CC[C@@]12C. The van der Waals surface area contributed by atoms with Crippen LogP contribution in [0.25, 0.3) is 0 Å². The zero-order chi connectivity index (χ0) is 22.5. The molecular weight excluding hydrogens is 360 g/mol. The fourth-order valence-corrected chi connectivity index (χ4v) is 9.82. The van der Waals surface area contributed by atoms with Gasteiger partial charge in [0.15, 0.2) is 0 Å². The van der Waals surface area contributed by atoms with Crippen molar-refractivity contribution in [3.63, 3.8) is 0 Å². The molecule has 176 valence electrons. The summed E-state index contributed by atoms with van der Waals surface area (Å²) < 4.78 is 0. The molecule has 1 unspecified atom stereocenters. The van der Waals surface area contributed by atoms with Gasteiger partial charge in [0.2, 0.25) is 0 Å². The van der Waals surface area contributed by atoms with Crippen molar-refractivity contribution in [2.45, 2.75) is 133 Å². The van der Waals surface area contributed by atoms with E-state index in [2.05, 4.69) is 69.2 Å². The molecule has 3 rings (SSSR count). The number of rotatable bonds is 6. The lowest BCUT2D eigenvalue weighted by molar-refractivity contribution is -0.189. The highest BCUT2D eigenvalue weighted by Gasteiger charge is 2.66. The fourth-order valence-electron chi connectivity index (χ4n) is 9.82. The molecule has 0 aromatic rings. The number of fused-ring (bicyclic) bond motifs is 3. The lowest BCUT2D eigenvalue weighted by Crippen LogP contribution is -2.60. The summed E-state index contributed by atoms with van der Waals surface area (Å²) in [7, 11) is 0. The molecular formula is C30H56. The minimum absolute atomic E-state index is 0.437. The summed E-state index contributed by atoms with van der Waals surface area (Å²) in [5.41, 5.74) is 2.08. The molecule has 0 amide bonds. The van der Waals surface area contributed by atoms with Gasteiger partial charge in [0.25, 0.3) is 0 Å². The molecule has 0 aromatic carbocycles. The van der Waals surface area contributed by atoms with Gasteiger partial charge in [-0.2, -0.15) is 0 Å². The highest BCUT2D eigenvalue weighted by Crippen LogP contribution is 2.74. The summed E-state index contributed by atoms with van der Waals surface area (Å²) in [6, 6.07) is 0. The standard InChI is InChI=1S/C30H56/c1-11-28(8)25(27(5,6)7)18-20-30(10)26(28)16-15-24-23(17-19-29(24,30)9)22(4)14-12-13-21(2)3/h21-26H,11-20H2,1-10H3/t22-,23-,24+,25?,26-,28+,29+,30-/m1/s1. The van der Waals surface area contributed by atoms with E-state index < -0.39 is 0 Å². The van der Waals surface area contributed by atoms with E-state index in [1.165, 1.54) is 64.2 Å². The minimum atomic E-state index is 0.437. The second-order valence-electron chi connectivity index (χ2n) is 14.4. The largest absolute Gasteiger partial charge is 0.0648 e. The summed E-state index contributed by atoms with van der Waals surface area (Å²) >= 11 is 0. The van der Waals surface area contributed by atoms with Crippen molar-refractivity contribution in [3.8, 4) is 0 Å². The average molecular weight is 417 g/mol. The predicted molar refractivity (Wildman–Crippen MR) is 134 cm³/mol. The van der Waals surface area contributed by atoms with Gasteiger partial charge in [-0.25, -0.2) is 0 Å². The molecule has 0 bridgehead atoms. The van der Waals surface area contributed by atoms with Crippen LogP contribution >= 0.6 is 0 Å². The molecule has 3 aliphatic carbocycles. The Morgan fingerprint density at radius 2 is 1.47 bits per heavy atom. The van der Waals surface area contributed by atoms with Crippen LogP contribution in [-0.4, -0.2) is 0 Å². The van der Waals surface area contributed by atoms with Crippen molar-refractivity contribution < 1.29 is 0 Å². The molecule has 0 saturated heterocycles. The van der Waals surface area contributed by atoms with Gasteiger partial charge < -0.3 is 0 Å². The first-order valence-electron chi connectivity index (χ1n) is 13.8. The van der Waals surface area contributed by atoms with Crippen LogP contribution in [-0.2, 0) is 0 Å². The Labute approximate surface area is 190 Å². The molecule has 0 heteroatoms. The summed E-state index contributed by atoms with van der Waals surface area (Å²) in [6.45, 7) is 25.7. The van der Waals surface area contributed by atoms with E-state index in [1.54, 1.807) is 0 Å². The smallest absolute Gasteiger partial charge is 0.0235 e. The van der Waals surface area contributed by atoms with Gasteiger partial charge in [0, 0.05) is 0 Å². The van der Waals surface area contributed by atoms with Crippen LogP contribution in [0.2, 0.25) is 0 Å². The van der Waals surface area contributed by atoms with E-state index in [9.17, 15) is 0 Å². The van der Waals surface area contributed by atoms with Crippen LogP contribution < -0.4 is 0 Å². The highest BCUT2D eigenvalue weighted by molar-refractivity contribution is 5.15. The van der Waals surface area contributed by atoms with Gasteiger partial charge in [-0.3, -0.25) is 0 Å². The molecule has 0 heterocycles. The summed E-state index contributed by atoms with van der Waals surface area (Å²) in [5, 5.41) is 0. The zero-order valence-corrected chi connectivity index (χ0v) is 22.5. The van der Waals surface area contributed by atoms with Crippen LogP contribution in [0.5, 0.6) is 0 Å². The van der Waals surface area contributed by atoms with E-state index in [0.717, 1.165) is 35.5 Å². The van der Waals surface area contributed by atoms with Crippen LogP contribution in [0.3, 0.4) is 0 Å². The maximum Gasteiger partial charge on any atom is -0.0235 e. The molecule has 3 aliphatic rings. The zero-order valence-electron chi connectivity index (χ0n) is 22.5. The van der Waals surface area contributed by atoms with E-state index in [4.69, 9.17) is 0 Å². The van der Waals surface area contributed by atoms with Crippen LogP contribution in [0.15, 0.2) is 0 Å². The van der Waals surface area contributed by atoms with E-state index in [0.29, 0.717) is 21.7 Å². The van der Waals surface area contributed by atoms with Gasteiger partial charge in [-0.1, -0.05) is 94.9 Å².